The molecule has 8 nitrogen and oxygen atoms in total. The van der Waals surface area contributed by atoms with Crippen molar-refractivity contribution in [2.45, 2.75) is 37.3 Å². The molecule has 1 aromatic heterocycles. The summed E-state index contributed by atoms with van der Waals surface area (Å²) in [4.78, 5) is 23.6. The molecular formula is C19H23N7O. The van der Waals surface area contributed by atoms with Crippen molar-refractivity contribution in [2.75, 3.05) is 39.7 Å². The van der Waals surface area contributed by atoms with Crippen LogP contribution in [-0.2, 0) is 4.79 Å². The van der Waals surface area contributed by atoms with Crippen LogP contribution >= 0.6 is 0 Å². The number of amides is 1. The highest BCUT2D eigenvalue weighted by atomic mass is 16.2. The van der Waals surface area contributed by atoms with E-state index in [2.05, 4.69) is 30.8 Å². The first-order chi connectivity index (χ1) is 13.1. The number of para-hydroxylation sites is 2. The Balaban J connectivity index is 1.33. The molecular weight excluding hydrogens is 342 g/mol. The van der Waals surface area contributed by atoms with Gasteiger partial charge in [0.1, 0.15) is 17.2 Å². The number of anilines is 5. The van der Waals surface area contributed by atoms with E-state index in [0.717, 1.165) is 36.1 Å². The number of carbonyl (C=O) groups excluding carboxylic acids is 1. The van der Waals surface area contributed by atoms with Crippen LogP contribution in [0.5, 0.6) is 0 Å². The third kappa shape index (κ3) is 3.01. The minimum atomic E-state index is -0.571. The van der Waals surface area contributed by atoms with Crippen LogP contribution in [0.3, 0.4) is 0 Å². The number of carbonyl (C=O) groups is 1. The lowest BCUT2D eigenvalue weighted by molar-refractivity contribution is -0.121. The molecule has 1 saturated carbocycles. The Labute approximate surface area is 157 Å². The summed E-state index contributed by atoms with van der Waals surface area (Å²) in [6.45, 7) is 1.45. The van der Waals surface area contributed by atoms with Crippen molar-refractivity contribution < 1.29 is 4.79 Å². The summed E-state index contributed by atoms with van der Waals surface area (Å²) in [5.74, 6) is 1.91. The minimum Gasteiger partial charge on any atom is -0.369 e. The van der Waals surface area contributed by atoms with Crippen LogP contribution in [-0.4, -0.2) is 40.5 Å². The van der Waals surface area contributed by atoms with Crippen molar-refractivity contribution in [1.82, 2.24) is 9.97 Å². The van der Waals surface area contributed by atoms with E-state index in [0.29, 0.717) is 18.9 Å². The maximum atomic E-state index is 12.8. The number of hydrogen-bond donors (Lipinski definition) is 4. The van der Waals surface area contributed by atoms with Gasteiger partial charge in [-0.3, -0.25) is 4.79 Å². The number of fused-ring (bicyclic) bond motifs is 1. The number of nitrogens with one attached hydrogen (secondary N) is 3. The van der Waals surface area contributed by atoms with Crippen LogP contribution in [0, 0.1) is 0 Å². The molecule has 1 saturated heterocycles. The summed E-state index contributed by atoms with van der Waals surface area (Å²) in [5, 5.41) is 9.91. The molecule has 0 bridgehead atoms. The zero-order chi connectivity index (χ0) is 18.4. The number of rotatable bonds is 3. The smallest absolute Gasteiger partial charge is 0.250 e. The molecule has 5 rings (SSSR count). The van der Waals surface area contributed by atoms with E-state index < -0.39 is 5.54 Å². The summed E-state index contributed by atoms with van der Waals surface area (Å²) in [7, 11) is 0. The monoisotopic (exact) mass is 365 g/mol. The normalized spacial score (nSPS) is 20.6. The molecule has 2 aromatic rings. The SMILES string of the molecule is Nc1nc(NC2CC2)cc(N2CCC3(CC2)Nc2ccccc2NC3=O)n1. The molecule has 140 valence electrons. The number of aromatic nitrogens is 2. The summed E-state index contributed by atoms with van der Waals surface area (Å²) >= 11 is 0. The van der Waals surface area contributed by atoms with Gasteiger partial charge in [0.25, 0.3) is 0 Å². The second kappa shape index (κ2) is 6.00. The molecule has 3 aliphatic rings. The maximum absolute atomic E-state index is 12.8. The van der Waals surface area contributed by atoms with Crippen LogP contribution in [0.15, 0.2) is 30.3 Å². The second-order valence-electron chi connectivity index (χ2n) is 7.58. The molecule has 1 amide bonds. The first kappa shape index (κ1) is 16.2. The summed E-state index contributed by atoms with van der Waals surface area (Å²) in [6, 6.07) is 10.3. The van der Waals surface area contributed by atoms with Gasteiger partial charge in [0.2, 0.25) is 11.9 Å². The Hall–Kier alpha value is -3.03. The number of piperidine rings is 1. The van der Waals surface area contributed by atoms with Gasteiger partial charge in [0, 0.05) is 25.2 Å². The van der Waals surface area contributed by atoms with E-state index in [4.69, 9.17) is 5.73 Å². The van der Waals surface area contributed by atoms with Gasteiger partial charge in [-0.05, 0) is 37.8 Å². The average Bonchev–Trinajstić information content (AvgIpc) is 3.47. The molecule has 3 heterocycles. The third-order valence-corrected chi connectivity index (χ3v) is 5.58. The molecule has 27 heavy (non-hydrogen) atoms. The fraction of sp³-hybridized carbons (Fsp3) is 0.421. The van der Waals surface area contributed by atoms with E-state index in [9.17, 15) is 4.79 Å². The number of nitrogen functional groups attached to an aromatic ring is 1. The largest absolute Gasteiger partial charge is 0.369 e. The van der Waals surface area contributed by atoms with Crippen molar-refractivity contribution in [3.63, 3.8) is 0 Å². The highest BCUT2D eigenvalue weighted by Crippen LogP contribution is 2.37. The van der Waals surface area contributed by atoms with Gasteiger partial charge in [0.05, 0.1) is 11.4 Å². The van der Waals surface area contributed by atoms with Crippen molar-refractivity contribution in [3.8, 4) is 0 Å². The number of benzene rings is 1. The minimum absolute atomic E-state index is 0.0409. The van der Waals surface area contributed by atoms with Gasteiger partial charge in [-0.2, -0.15) is 9.97 Å². The molecule has 1 aliphatic carbocycles. The van der Waals surface area contributed by atoms with Gasteiger partial charge in [-0.25, -0.2) is 0 Å². The zero-order valence-electron chi connectivity index (χ0n) is 15.0. The Bertz CT molecular complexity index is 887. The Kier molecular flexibility index (Phi) is 3.60. The first-order valence-corrected chi connectivity index (χ1v) is 9.46. The summed E-state index contributed by atoms with van der Waals surface area (Å²) in [6.07, 6.45) is 3.74. The molecule has 0 radical (unpaired) electrons. The van der Waals surface area contributed by atoms with Crippen LogP contribution in [0.4, 0.5) is 29.0 Å². The van der Waals surface area contributed by atoms with E-state index in [-0.39, 0.29) is 11.9 Å². The maximum Gasteiger partial charge on any atom is 0.250 e. The quantitative estimate of drug-likeness (QED) is 0.659. The highest BCUT2D eigenvalue weighted by Gasteiger charge is 2.44. The van der Waals surface area contributed by atoms with Gasteiger partial charge in [-0.1, -0.05) is 12.1 Å². The van der Waals surface area contributed by atoms with Gasteiger partial charge in [-0.15, -0.1) is 0 Å². The van der Waals surface area contributed by atoms with Crippen LogP contribution in [0.1, 0.15) is 25.7 Å². The average molecular weight is 365 g/mol. The van der Waals surface area contributed by atoms with Crippen molar-refractivity contribution >= 4 is 34.9 Å². The van der Waals surface area contributed by atoms with E-state index in [1.807, 2.05) is 30.3 Å². The van der Waals surface area contributed by atoms with Crippen LogP contribution in [0.2, 0.25) is 0 Å². The fourth-order valence-corrected chi connectivity index (χ4v) is 3.85. The van der Waals surface area contributed by atoms with Crippen LogP contribution in [0.25, 0.3) is 0 Å². The lowest BCUT2D eigenvalue weighted by atomic mass is 9.84. The number of nitrogens with zero attached hydrogens (tertiary/aromatic N) is 3. The van der Waals surface area contributed by atoms with E-state index >= 15 is 0 Å². The Morgan fingerprint density at radius 3 is 2.63 bits per heavy atom. The van der Waals surface area contributed by atoms with Gasteiger partial charge in [0.15, 0.2) is 0 Å². The molecule has 1 aromatic carbocycles. The molecule has 2 aliphatic heterocycles. The fourth-order valence-electron chi connectivity index (χ4n) is 3.85. The lowest BCUT2D eigenvalue weighted by Gasteiger charge is -2.44. The second-order valence-corrected chi connectivity index (χ2v) is 7.58. The first-order valence-electron chi connectivity index (χ1n) is 9.46. The van der Waals surface area contributed by atoms with E-state index in [1.54, 1.807) is 0 Å². The number of nitrogens with two attached hydrogens (primary N) is 1. The summed E-state index contributed by atoms with van der Waals surface area (Å²) in [5.41, 5.74) is 7.16. The van der Waals surface area contributed by atoms with Crippen LogP contribution < -0.4 is 26.6 Å². The third-order valence-electron chi connectivity index (χ3n) is 5.58. The molecule has 8 heteroatoms. The summed E-state index contributed by atoms with van der Waals surface area (Å²) < 4.78 is 0. The molecule has 0 unspecified atom stereocenters. The Morgan fingerprint density at radius 1 is 1.15 bits per heavy atom. The topological polar surface area (TPSA) is 108 Å². The van der Waals surface area contributed by atoms with Gasteiger partial charge >= 0.3 is 0 Å². The van der Waals surface area contributed by atoms with Crippen molar-refractivity contribution in [2.24, 2.45) is 0 Å². The van der Waals surface area contributed by atoms with Crippen molar-refractivity contribution in [3.05, 3.63) is 30.3 Å². The standard InChI is InChI=1S/C19H23N7O/c20-18-23-15(21-12-5-6-12)11-16(24-18)26-9-7-19(8-10-26)17(27)22-13-3-1-2-4-14(13)25-19/h1-4,11-12,25H,5-10H2,(H,22,27)(H3,20,21,23,24). The van der Waals surface area contributed by atoms with Crippen molar-refractivity contribution in [1.29, 1.82) is 0 Å². The predicted octanol–water partition coefficient (Wildman–Crippen LogP) is 2.04. The zero-order valence-corrected chi connectivity index (χ0v) is 15.0. The molecule has 1 spiro atoms. The molecule has 0 atom stereocenters. The molecule has 5 N–H and O–H groups in total. The van der Waals surface area contributed by atoms with Gasteiger partial charge < -0.3 is 26.6 Å². The Morgan fingerprint density at radius 2 is 1.89 bits per heavy atom. The molecule has 2 fully saturated rings. The predicted molar refractivity (Wildman–Crippen MR) is 106 cm³/mol. The van der Waals surface area contributed by atoms with E-state index in [1.165, 1.54) is 12.8 Å². The highest BCUT2D eigenvalue weighted by molar-refractivity contribution is 6.06. The lowest BCUT2D eigenvalue weighted by Crippen LogP contribution is -2.58. The number of hydrogen-bond acceptors (Lipinski definition) is 7.